The van der Waals surface area contributed by atoms with E-state index in [1.807, 2.05) is 0 Å². The summed E-state index contributed by atoms with van der Waals surface area (Å²) in [6.45, 7) is 22.6. The molecule has 0 nitrogen and oxygen atoms in total. The van der Waals surface area contributed by atoms with Crippen molar-refractivity contribution in [3.63, 3.8) is 0 Å². The first kappa shape index (κ1) is 36.6. The number of aryl methyl sites for hydroxylation is 6. The summed E-state index contributed by atoms with van der Waals surface area (Å²) in [6, 6.07) is 21.4. The quantitative estimate of drug-likeness (QED) is 0.174. The summed E-state index contributed by atoms with van der Waals surface area (Å²) >= 11 is 0. The summed E-state index contributed by atoms with van der Waals surface area (Å²) in [6.07, 6.45) is 0. The maximum atomic E-state index is 2.42. The van der Waals surface area contributed by atoms with Gasteiger partial charge in [0.25, 0.3) is 0 Å². The molecule has 0 heterocycles. The molecule has 0 bridgehead atoms. The van der Waals surface area contributed by atoms with Gasteiger partial charge in [-0.2, -0.15) is 22.3 Å². The van der Waals surface area contributed by atoms with E-state index in [0.717, 1.165) is 0 Å². The van der Waals surface area contributed by atoms with Crippen LogP contribution in [-0.2, 0) is 27.1 Å². The Hall–Kier alpha value is -1.41. The van der Waals surface area contributed by atoms with Gasteiger partial charge in [-0.25, -0.2) is 0 Å². The van der Waals surface area contributed by atoms with Crippen molar-refractivity contribution in [3.05, 3.63) is 132 Å². The molecule has 0 radical (unpaired) electrons. The number of rotatable bonds is 4. The SMILES string of the molecule is Cc1cc(C)cc(C(c2cc(C)cc(C)c2)(c2cc(C)cc(C)c2)[c-]2c(C)c(C)c(C)c2C)c1.[Cl-].[Cl-].[Cl-].[Ti+4]. The average Bonchev–Trinajstić information content (AvgIpc) is 2.91. The van der Waals surface area contributed by atoms with Gasteiger partial charge >= 0.3 is 21.7 Å². The molecule has 4 aromatic carbocycles. The first-order valence-corrected chi connectivity index (χ1v) is 12.4. The maximum Gasteiger partial charge on any atom is 4.00 e. The van der Waals surface area contributed by atoms with Gasteiger partial charge in [0.15, 0.2) is 0 Å². The van der Waals surface area contributed by atoms with Gasteiger partial charge in [-0.05, 0) is 58.2 Å². The fraction of sp³-hybridized carbons (Fsp3) is 0.324. The summed E-state index contributed by atoms with van der Waals surface area (Å²) in [5, 5.41) is 0. The van der Waals surface area contributed by atoms with Crippen LogP contribution in [0.1, 0.15) is 77.9 Å². The minimum absolute atomic E-state index is 0. The molecule has 0 unspecified atom stereocenters. The van der Waals surface area contributed by atoms with E-state index in [2.05, 4.69) is 124 Å². The van der Waals surface area contributed by atoms with Crippen LogP contribution in [-0.4, -0.2) is 0 Å². The Labute approximate surface area is 264 Å². The molecule has 0 saturated heterocycles. The second-order valence-electron chi connectivity index (χ2n) is 10.8. The van der Waals surface area contributed by atoms with E-state index in [1.165, 1.54) is 77.9 Å². The molecule has 4 rings (SSSR count). The van der Waals surface area contributed by atoms with Crippen LogP contribution in [0.2, 0.25) is 0 Å². The second kappa shape index (κ2) is 13.8. The van der Waals surface area contributed by atoms with Crippen molar-refractivity contribution in [3.8, 4) is 0 Å². The molecule has 200 valence electrons. The van der Waals surface area contributed by atoms with Crippen LogP contribution in [0, 0.1) is 69.2 Å². The minimum Gasteiger partial charge on any atom is -1.00 e. The second-order valence-corrected chi connectivity index (χ2v) is 10.8. The van der Waals surface area contributed by atoms with Gasteiger partial charge in [0.2, 0.25) is 0 Å². The monoisotopic (exact) mass is 600 g/mol. The van der Waals surface area contributed by atoms with Crippen LogP contribution < -0.4 is 37.2 Å². The first-order chi connectivity index (χ1) is 15.9. The molecular formula is C34H39Cl3Ti. The summed E-state index contributed by atoms with van der Waals surface area (Å²) in [7, 11) is 0. The molecule has 38 heavy (non-hydrogen) atoms. The van der Waals surface area contributed by atoms with Crippen molar-refractivity contribution in [2.45, 2.75) is 74.7 Å². The van der Waals surface area contributed by atoms with Crippen molar-refractivity contribution in [1.82, 2.24) is 0 Å². The van der Waals surface area contributed by atoms with E-state index >= 15 is 0 Å². The molecule has 0 N–H and O–H groups in total. The van der Waals surface area contributed by atoms with Crippen molar-refractivity contribution >= 4 is 0 Å². The minimum atomic E-state index is -0.391. The molecule has 0 amide bonds. The third kappa shape index (κ3) is 6.32. The average molecular weight is 602 g/mol. The first-order valence-electron chi connectivity index (χ1n) is 12.4. The fourth-order valence-corrected chi connectivity index (χ4v) is 6.29. The van der Waals surface area contributed by atoms with Gasteiger partial charge in [0, 0.05) is 5.41 Å². The Morgan fingerprint density at radius 1 is 0.395 bits per heavy atom. The van der Waals surface area contributed by atoms with Gasteiger partial charge in [0.1, 0.15) is 0 Å². The molecule has 0 aliphatic heterocycles. The van der Waals surface area contributed by atoms with Crippen LogP contribution in [0.4, 0.5) is 0 Å². The maximum absolute atomic E-state index is 2.42. The van der Waals surface area contributed by atoms with Crippen LogP contribution in [0.3, 0.4) is 0 Å². The Morgan fingerprint density at radius 3 is 0.816 bits per heavy atom. The van der Waals surface area contributed by atoms with E-state index in [4.69, 9.17) is 0 Å². The summed E-state index contributed by atoms with van der Waals surface area (Å²) < 4.78 is 0. The van der Waals surface area contributed by atoms with Gasteiger partial charge in [0.05, 0.1) is 0 Å². The predicted octanol–water partition coefficient (Wildman–Crippen LogP) is -0.118. The Balaban J connectivity index is 0.00000342. The smallest absolute Gasteiger partial charge is 1.00 e. The van der Waals surface area contributed by atoms with Crippen molar-refractivity contribution in [2.75, 3.05) is 0 Å². The van der Waals surface area contributed by atoms with Crippen molar-refractivity contribution in [2.24, 2.45) is 0 Å². The Kier molecular flexibility index (Phi) is 13.3. The molecule has 0 fully saturated rings. The normalized spacial score (nSPS) is 10.6. The molecular weight excluding hydrogens is 563 g/mol. The summed E-state index contributed by atoms with van der Waals surface area (Å²) in [5.41, 5.74) is 18.6. The summed E-state index contributed by atoms with van der Waals surface area (Å²) in [4.78, 5) is 0. The largest absolute Gasteiger partial charge is 4.00 e. The van der Waals surface area contributed by atoms with Crippen LogP contribution in [0.5, 0.6) is 0 Å². The van der Waals surface area contributed by atoms with Gasteiger partial charge in [-0.1, -0.05) is 116 Å². The molecule has 0 atom stereocenters. The zero-order valence-corrected chi connectivity index (χ0v) is 28.2. The molecule has 0 saturated carbocycles. The van der Waals surface area contributed by atoms with Crippen LogP contribution in [0.15, 0.2) is 54.6 Å². The van der Waals surface area contributed by atoms with E-state index in [9.17, 15) is 0 Å². The third-order valence-electron chi connectivity index (χ3n) is 7.78. The summed E-state index contributed by atoms with van der Waals surface area (Å²) in [5.74, 6) is 0. The number of benzene rings is 3. The molecule has 4 aromatic rings. The van der Waals surface area contributed by atoms with E-state index < -0.39 is 5.41 Å². The number of hydrogen-bond acceptors (Lipinski definition) is 0. The third-order valence-corrected chi connectivity index (χ3v) is 7.78. The number of hydrogen-bond donors (Lipinski definition) is 0. The van der Waals surface area contributed by atoms with Crippen molar-refractivity contribution in [1.29, 1.82) is 0 Å². The molecule has 0 spiro atoms. The van der Waals surface area contributed by atoms with Crippen molar-refractivity contribution < 1.29 is 58.9 Å². The van der Waals surface area contributed by atoms with E-state index in [1.54, 1.807) is 0 Å². The van der Waals surface area contributed by atoms with Gasteiger partial charge < -0.3 is 37.2 Å². The molecule has 0 aromatic heterocycles. The Bertz CT molecular complexity index is 1200. The van der Waals surface area contributed by atoms with Gasteiger partial charge in [-0.15, -0.1) is 5.56 Å². The standard InChI is InChI=1S/C34H39.3ClH.Ti/c1-20-11-21(2)15-30(14-20)34(31-16-22(3)12-23(4)17-31,32-18-24(5)13-25(6)19-32)33-28(9)26(7)27(8)29(33)10;;;;/h11-19H,1-10H3;3*1H;/q-1;;;;+4/p-3. The van der Waals surface area contributed by atoms with Crippen LogP contribution in [0.25, 0.3) is 0 Å². The zero-order chi connectivity index (χ0) is 24.9. The molecule has 0 aliphatic rings. The molecule has 0 aliphatic carbocycles. The predicted molar refractivity (Wildman–Crippen MR) is 148 cm³/mol. The van der Waals surface area contributed by atoms with Crippen LogP contribution >= 0.6 is 0 Å². The fourth-order valence-electron chi connectivity index (χ4n) is 6.29. The number of halogens is 3. The topological polar surface area (TPSA) is 0 Å². The zero-order valence-electron chi connectivity index (χ0n) is 24.3. The van der Waals surface area contributed by atoms with E-state index in [0.29, 0.717) is 0 Å². The molecule has 4 heteroatoms. The van der Waals surface area contributed by atoms with Gasteiger partial charge in [-0.3, -0.25) is 0 Å². The van der Waals surface area contributed by atoms with E-state index in [-0.39, 0.29) is 58.9 Å². The Morgan fingerprint density at radius 2 is 0.605 bits per heavy atom.